The summed E-state index contributed by atoms with van der Waals surface area (Å²) in [6.45, 7) is 0. The number of nitro groups is 1. The van der Waals surface area contributed by atoms with Crippen LogP contribution < -0.4 is 10.1 Å². The molecule has 1 aliphatic carbocycles. The minimum absolute atomic E-state index is 0.139. The third-order valence-corrected chi connectivity index (χ3v) is 2.92. The van der Waals surface area contributed by atoms with Gasteiger partial charge in [-0.25, -0.2) is 0 Å². The van der Waals surface area contributed by atoms with E-state index in [0.717, 1.165) is 12.1 Å². The molecule has 2 aliphatic rings. The third-order valence-electron chi connectivity index (χ3n) is 2.92. The standard InChI is InChI=1S/C10H7FN2O4/c11-5-3-8-6(4-7(5)13(15)16)12-9(14)10(17-8)1-2-10/h3-4H,1-2H2,(H,12,14). The van der Waals surface area contributed by atoms with Gasteiger partial charge in [-0.15, -0.1) is 0 Å². The van der Waals surface area contributed by atoms with Gasteiger partial charge in [0, 0.05) is 25.0 Å². The monoisotopic (exact) mass is 238 g/mol. The molecule has 1 N–H and O–H groups in total. The van der Waals surface area contributed by atoms with Crippen LogP contribution in [0, 0.1) is 15.9 Å². The number of benzene rings is 1. The largest absolute Gasteiger partial charge is 0.475 e. The van der Waals surface area contributed by atoms with Gasteiger partial charge in [-0.1, -0.05) is 0 Å². The molecule has 1 spiro atoms. The molecule has 0 bridgehead atoms. The Balaban J connectivity index is 2.08. The van der Waals surface area contributed by atoms with Crippen molar-refractivity contribution in [2.45, 2.75) is 18.4 Å². The van der Waals surface area contributed by atoms with E-state index < -0.39 is 22.0 Å². The second-order valence-corrected chi connectivity index (χ2v) is 4.11. The summed E-state index contributed by atoms with van der Waals surface area (Å²) in [5.74, 6) is -1.16. The number of nitrogens with one attached hydrogen (secondary N) is 1. The number of halogens is 1. The van der Waals surface area contributed by atoms with Gasteiger partial charge in [-0.2, -0.15) is 4.39 Å². The lowest BCUT2D eigenvalue weighted by molar-refractivity contribution is -0.387. The summed E-state index contributed by atoms with van der Waals surface area (Å²) >= 11 is 0. The van der Waals surface area contributed by atoms with E-state index >= 15 is 0 Å². The average Bonchev–Trinajstić information content (AvgIpc) is 3.00. The van der Waals surface area contributed by atoms with Crippen molar-refractivity contribution in [2.75, 3.05) is 5.32 Å². The fourth-order valence-corrected chi connectivity index (χ4v) is 1.80. The van der Waals surface area contributed by atoms with E-state index in [1.807, 2.05) is 0 Å². The molecule has 88 valence electrons. The van der Waals surface area contributed by atoms with Gasteiger partial charge < -0.3 is 10.1 Å². The molecule has 0 aromatic heterocycles. The van der Waals surface area contributed by atoms with Gasteiger partial charge >= 0.3 is 5.69 Å². The van der Waals surface area contributed by atoms with Gasteiger partial charge in [0.05, 0.1) is 10.6 Å². The van der Waals surface area contributed by atoms with Crippen molar-refractivity contribution in [3.63, 3.8) is 0 Å². The summed E-state index contributed by atoms with van der Waals surface area (Å²) in [6.07, 6.45) is 1.16. The van der Waals surface area contributed by atoms with E-state index in [-0.39, 0.29) is 17.3 Å². The molecule has 0 atom stereocenters. The number of hydrogen-bond donors (Lipinski definition) is 1. The zero-order chi connectivity index (χ0) is 12.2. The molecule has 7 heteroatoms. The highest BCUT2D eigenvalue weighted by Crippen LogP contribution is 2.47. The number of fused-ring (bicyclic) bond motifs is 1. The van der Waals surface area contributed by atoms with Gasteiger partial charge in [-0.3, -0.25) is 14.9 Å². The fraction of sp³-hybridized carbons (Fsp3) is 0.300. The lowest BCUT2D eigenvalue weighted by Crippen LogP contribution is -2.39. The Hall–Kier alpha value is -2.18. The number of nitrogens with zero attached hydrogens (tertiary/aromatic N) is 1. The van der Waals surface area contributed by atoms with Gasteiger partial charge in [0.1, 0.15) is 5.75 Å². The van der Waals surface area contributed by atoms with Crippen molar-refractivity contribution in [3.05, 3.63) is 28.1 Å². The second kappa shape index (κ2) is 2.93. The molecule has 3 rings (SSSR count). The number of nitro benzene ring substituents is 1. The number of hydrogen-bond acceptors (Lipinski definition) is 4. The topological polar surface area (TPSA) is 81.5 Å². The van der Waals surface area contributed by atoms with Crippen molar-refractivity contribution < 1.29 is 18.8 Å². The number of carbonyl (C=O) groups is 1. The highest BCUT2D eigenvalue weighted by Gasteiger charge is 2.55. The van der Waals surface area contributed by atoms with E-state index in [9.17, 15) is 19.3 Å². The van der Waals surface area contributed by atoms with Crippen LogP contribution in [-0.2, 0) is 4.79 Å². The summed E-state index contributed by atoms with van der Waals surface area (Å²) in [4.78, 5) is 21.3. The Morgan fingerprint density at radius 2 is 2.18 bits per heavy atom. The van der Waals surface area contributed by atoms with Gasteiger partial charge in [0.25, 0.3) is 5.91 Å². The maximum atomic E-state index is 13.4. The summed E-state index contributed by atoms with van der Waals surface area (Å²) in [5, 5.41) is 13.0. The highest BCUT2D eigenvalue weighted by molar-refractivity contribution is 6.02. The number of amides is 1. The zero-order valence-electron chi connectivity index (χ0n) is 8.53. The van der Waals surface area contributed by atoms with Crippen molar-refractivity contribution in [1.82, 2.24) is 0 Å². The van der Waals surface area contributed by atoms with E-state index in [1.165, 1.54) is 0 Å². The molecular weight excluding hydrogens is 231 g/mol. The summed E-state index contributed by atoms with van der Waals surface area (Å²) in [7, 11) is 0. The average molecular weight is 238 g/mol. The van der Waals surface area contributed by atoms with E-state index in [0.29, 0.717) is 12.8 Å². The molecule has 1 aliphatic heterocycles. The molecular formula is C10H7FN2O4. The van der Waals surface area contributed by atoms with Gasteiger partial charge in [-0.05, 0) is 0 Å². The van der Waals surface area contributed by atoms with Gasteiger partial charge in [0.15, 0.2) is 5.60 Å². The predicted molar refractivity (Wildman–Crippen MR) is 54.3 cm³/mol. The van der Waals surface area contributed by atoms with E-state index in [1.54, 1.807) is 0 Å². The van der Waals surface area contributed by atoms with Crippen LogP contribution in [0.1, 0.15) is 12.8 Å². The van der Waals surface area contributed by atoms with Gasteiger partial charge in [0.2, 0.25) is 5.82 Å². The minimum atomic E-state index is -0.972. The minimum Gasteiger partial charge on any atom is -0.475 e. The third kappa shape index (κ3) is 1.35. The van der Waals surface area contributed by atoms with Crippen LogP contribution in [0.3, 0.4) is 0 Å². The molecule has 17 heavy (non-hydrogen) atoms. The first-order chi connectivity index (χ1) is 8.02. The Morgan fingerprint density at radius 1 is 1.47 bits per heavy atom. The molecule has 6 nitrogen and oxygen atoms in total. The molecule has 0 unspecified atom stereocenters. The van der Waals surface area contributed by atoms with Crippen LogP contribution in [0.25, 0.3) is 0 Å². The smallest absolute Gasteiger partial charge is 0.307 e. The molecule has 0 saturated heterocycles. The summed E-state index contributed by atoms with van der Waals surface area (Å²) in [5.41, 5.74) is -1.42. The first-order valence-electron chi connectivity index (χ1n) is 5.00. The quantitative estimate of drug-likeness (QED) is 0.595. The molecule has 1 amide bonds. The molecule has 1 saturated carbocycles. The fourth-order valence-electron chi connectivity index (χ4n) is 1.80. The van der Waals surface area contributed by atoms with Crippen LogP contribution in [0.4, 0.5) is 15.8 Å². The number of carbonyl (C=O) groups excluding carboxylic acids is 1. The highest BCUT2D eigenvalue weighted by atomic mass is 19.1. The molecule has 1 aromatic rings. The van der Waals surface area contributed by atoms with Crippen LogP contribution in [0.15, 0.2) is 12.1 Å². The van der Waals surface area contributed by atoms with Crippen LogP contribution in [-0.4, -0.2) is 16.4 Å². The van der Waals surface area contributed by atoms with Crippen molar-refractivity contribution >= 4 is 17.3 Å². The van der Waals surface area contributed by atoms with Crippen LogP contribution >= 0.6 is 0 Å². The predicted octanol–water partition coefficient (Wildman–Crippen LogP) is 1.60. The Bertz CT molecular complexity index is 553. The van der Waals surface area contributed by atoms with E-state index in [2.05, 4.69) is 5.32 Å². The SMILES string of the molecule is O=C1Nc2cc([N+](=O)[O-])c(F)cc2OC12CC2. The lowest BCUT2D eigenvalue weighted by Gasteiger charge is -2.25. The Kier molecular flexibility index (Phi) is 1.73. The van der Waals surface area contributed by atoms with Crippen LogP contribution in [0.2, 0.25) is 0 Å². The van der Waals surface area contributed by atoms with Crippen molar-refractivity contribution in [1.29, 1.82) is 0 Å². The number of rotatable bonds is 1. The first-order valence-corrected chi connectivity index (χ1v) is 5.00. The van der Waals surface area contributed by atoms with Crippen molar-refractivity contribution in [2.24, 2.45) is 0 Å². The number of ether oxygens (including phenoxy) is 1. The second-order valence-electron chi connectivity index (χ2n) is 4.11. The Morgan fingerprint density at radius 3 is 2.76 bits per heavy atom. The molecule has 1 aromatic carbocycles. The molecule has 0 radical (unpaired) electrons. The maximum absolute atomic E-state index is 13.4. The molecule has 1 fully saturated rings. The van der Waals surface area contributed by atoms with E-state index in [4.69, 9.17) is 4.74 Å². The molecule has 1 heterocycles. The number of anilines is 1. The summed E-state index contributed by atoms with van der Waals surface area (Å²) < 4.78 is 18.7. The lowest BCUT2D eigenvalue weighted by atomic mass is 10.2. The summed E-state index contributed by atoms with van der Waals surface area (Å²) in [6, 6.07) is 1.91. The first kappa shape index (κ1) is 10.0. The van der Waals surface area contributed by atoms with Crippen LogP contribution in [0.5, 0.6) is 5.75 Å². The zero-order valence-corrected chi connectivity index (χ0v) is 8.53. The normalized spacial score (nSPS) is 19.2. The maximum Gasteiger partial charge on any atom is 0.307 e. The Labute approximate surface area is 94.5 Å². The van der Waals surface area contributed by atoms with Crippen molar-refractivity contribution in [3.8, 4) is 5.75 Å².